The molecule has 3 amide bonds. The normalized spacial score (nSPS) is 19.8. The van der Waals surface area contributed by atoms with Crippen LogP contribution in [0.5, 0.6) is 23.0 Å². The van der Waals surface area contributed by atoms with Gasteiger partial charge in [0.2, 0.25) is 5.75 Å². The molecule has 17 heteroatoms. The number of rotatable bonds is 33. The molecule has 3 aliphatic rings. The lowest BCUT2D eigenvalue weighted by atomic mass is 9.77. The van der Waals surface area contributed by atoms with Crippen molar-refractivity contribution in [2.45, 2.75) is 231 Å². The monoisotopic (exact) mass is 1140 g/mol. The minimum Gasteiger partial charge on any atom is -0.494 e. The first-order valence-corrected chi connectivity index (χ1v) is 30.9. The van der Waals surface area contributed by atoms with E-state index in [1.165, 1.54) is 46.0 Å². The number of benzene rings is 3. The van der Waals surface area contributed by atoms with Gasteiger partial charge in [-0.25, -0.2) is 4.39 Å². The summed E-state index contributed by atoms with van der Waals surface area (Å²) in [6.45, 7) is 12.0. The number of hydrogen-bond donors (Lipinski definition) is 6. The maximum absolute atomic E-state index is 15.1. The minimum atomic E-state index is -0.946. The Morgan fingerprint density at radius 2 is 1.06 bits per heavy atom. The third-order valence-electron chi connectivity index (χ3n) is 16.5. The molecule has 3 fully saturated rings. The largest absolute Gasteiger partial charge is 0.494 e. The highest BCUT2D eigenvalue weighted by molar-refractivity contribution is 5.96. The van der Waals surface area contributed by atoms with E-state index in [0.29, 0.717) is 89.5 Å². The second-order valence-corrected chi connectivity index (χ2v) is 24.4. The Kier molecular flexibility index (Phi) is 27.4. The van der Waals surface area contributed by atoms with Crippen molar-refractivity contribution in [3.05, 3.63) is 72.0 Å². The first kappa shape index (κ1) is 66.1. The smallest absolute Gasteiger partial charge is 0.255 e. The molecule has 458 valence electrons. The summed E-state index contributed by atoms with van der Waals surface area (Å²) in [5.74, 6) is 1.91. The van der Waals surface area contributed by atoms with Crippen molar-refractivity contribution >= 4 is 29.1 Å². The summed E-state index contributed by atoms with van der Waals surface area (Å²) in [7, 11) is 3.00. The van der Waals surface area contributed by atoms with Gasteiger partial charge in [0.05, 0.1) is 45.7 Å². The van der Waals surface area contributed by atoms with Crippen LogP contribution in [0.3, 0.4) is 0 Å². The average molecular weight is 1150 g/mol. The van der Waals surface area contributed by atoms with Gasteiger partial charge in [-0.15, -0.1) is 0 Å². The minimum absolute atomic E-state index is 0.0940. The van der Waals surface area contributed by atoms with Crippen LogP contribution >= 0.6 is 0 Å². The summed E-state index contributed by atoms with van der Waals surface area (Å²) in [6, 6.07) is 15.3. The predicted molar refractivity (Wildman–Crippen MR) is 322 cm³/mol. The van der Waals surface area contributed by atoms with Gasteiger partial charge in [-0.3, -0.25) is 14.4 Å². The molecular weight excluding hydrogens is 1040 g/mol. The molecule has 16 nitrogen and oxygen atoms in total. The molecule has 6 rings (SSSR count). The fraction of sp³-hybridized carbons (Fsp3) is 0.677. The van der Waals surface area contributed by atoms with Gasteiger partial charge in [0, 0.05) is 60.2 Å². The SMILES string of the molecule is COc1cc(NC(=O)C(OC(C)C)[C@H](N)CC2CCCC(CCOc3cccc(NC(=O)C(OC(C)C)[C@H](N)CC4CCCCC4)c3)C2)cc(OC)c1OCCC(Cc1ccccc1F)NC(=O)C(OC(C)C)[C@H](N)CC1CCCCC1. The van der Waals surface area contributed by atoms with Crippen molar-refractivity contribution in [1.82, 2.24) is 5.32 Å². The molecule has 0 heterocycles. The maximum atomic E-state index is 15.1. The fourth-order valence-electron chi connectivity index (χ4n) is 12.5. The summed E-state index contributed by atoms with van der Waals surface area (Å²) >= 11 is 0. The molecule has 0 bridgehead atoms. The second-order valence-electron chi connectivity index (χ2n) is 24.4. The van der Waals surface area contributed by atoms with Gasteiger partial charge >= 0.3 is 0 Å². The van der Waals surface area contributed by atoms with E-state index in [9.17, 15) is 14.4 Å². The number of amides is 3. The van der Waals surface area contributed by atoms with Gasteiger partial charge in [-0.2, -0.15) is 0 Å². The number of carbonyl (C=O) groups excluding carboxylic acids is 3. The van der Waals surface area contributed by atoms with Crippen molar-refractivity contribution < 1.29 is 51.9 Å². The number of methoxy groups -OCH3 is 2. The van der Waals surface area contributed by atoms with Crippen molar-refractivity contribution in [2.75, 3.05) is 38.1 Å². The van der Waals surface area contributed by atoms with Crippen LogP contribution in [0, 0.1) is 29.5 Å². The molecule has 0 aliphatic heterocycles. The first-order valence-electron chi connectivity index (χ1n) is 30.9. The van der Waals surface area contributed by atoms with Crippen LogP contribution in [0.15, 0.2) is 60.7 Å². The third-order valence-corrected chi connectivity index (χ3v) is 16.5. The van der Waals surface area contributed by atoms with Gasteiger partial charge in [0.1, 0.15) is 11.6 Å². The van der Waals surface area contributed by atoms with Crippen molar-refractivity contribution in [1.29, 1.82) is 0 Å². The summed E-state index contributed by atoms with van der Waals surface area (Å²) < 4.78 is 57.9. The Labute approximate surface area is 489 Å². The van der Waals surface area contributed by atoms with Crippen LogP contribution in [-0.2, 0) is 35.0 Å². The number of anilines is 2. The Morgan fingerprint density at radius 1 is 0.561 bits per heavy atom. The Hall–Kier alpha value is -5.04. The third kappa shape index (κ3) is 21.5. The topological polar surface area (TPSA) is 230 Å². The number of nitrogens with one attached hydrogen (secondary N) is 3. The lowest BCUT2D eigenvalue weighted by Gasteiger charge is -2.33. The summed E-state index contributed by atoms with van der Waals surface area (Å²) in [6.07, 6.45) is 16.0. The molecule has 3 aromatic rings. The molecule has 0 saturated heterocycles. The number of hydrogen-bond acceptors (Lipinski definition) is 13. The van der Waals surface area contributed by atoms with E-state index < -0.39 is 42.3 Å². The fourth-order valence-corrected chi connectivity index (χ4v) is 12.5. The lowest BCUT2D eigenvalue weighted by Crippen LogP contribution is -2.52. The van der Waals surface area contributed by atoms with Crippen LogP contribution in [0.1, 0.15) is 169 Å². The Bertz CT molecular complexity index is 2370. The zero-order chi connectivity index (χ0) is 59.1. The van der Waals surface area contributed by atoms with E-state index in [-0.39, 0.29) is 55.0 Å². The number of halogens is 1. The highest BCUT2D eigenvalue weighted by Crippen LogP contribution is 2.41. The van der Waals surface area contributed by atoms with Crippen LogP contribution < -0.4 is 52.1 Å². The van der Waals surface area contributed by atoms with Crippen LogP contribution in [0.25, 0.3) is 0 Å². The molecule has 9 atom stereocenters. The van der Waals surface area contributed by atoms with Gasteiger partial charge < -0.3 is 66.3 Å². The van der Waals surface area contributed by atoms with E-state index in [0.717, 1.165) is 77.0 Å². The summed E-state index contributed by atoms with van der Waals surface area (Å²) in [5.41, 5.74) is 21.8. The molecule has 0 aromatic heterocycles. The maximum Gasteiger partial charge on any atom is 0.255 e. The highest BCUT2D eigenvalue weighted by Gasteiger charge is 2.35. The van der Waals surface area contributed by atoms with Gasteiger partial charge in [0.15, 0.2) is 29.8 Å². The first-order chi connectivity index (χ1) is 39.4. The Balaban J connectivity index is 1.03. The van der Waals surface area contributed by atoms with E-state index in [1.54, 1.807) is 30.3 Å². The highest BCUT2D eigenvalue weighted by atomic mass is 19.1. The molecule has 0 radical (unpaired) electrons. The molecule has 82 heavy (non-hydrogen) atoms. The standard InChI is InChI=1S/C65H101FN6O10/c1-41(2)80-59(54(67)34-44-19-11-9-12-20-44)63(73)70-49-26-18-27-52(38-49)78-31-29-46-23-17-24-47(33-46)36-56(69)61(82-43(5)6)65(75)72-51-39-57(76-7)62(58(40-51)77-8)79-32-30-50(37-48-25-15-16-28-53(48)66)71-64(74)60(81-42(3)4)55(68)35-45-21-13-10-14-22-45/h15-16,18,25-28,38-47,50,54-56,59-61H,9-14,17,19-24,29-37,67-69H2,1-8H3,(H,70,73)(H,71,74)(H,72,75)/t46?,47?,50?,54-,55-,56-,59?,60?,61?/m1/s1. The van der Waals surface area contributed by atoms with E-state index in [2.05, 4.69) is 16.0 Å². The molecule has 6 unspecified atom stereocenters. The Morgan fingerprint density at radius 3 is 1.60 bits per heavy atom. The van der Waals surface area contributed by atoms with Crippen LogP contribution in [0.2, 0.25) is 0 Å². The number of ether oxygens (including phenoxy) is 7. The molecule has 9 N–H and O–H groups in total. The van der Waals surface area contributed by atoms with Crippen molar-refractivity contribution in [3.8, 4) is 23.0 Å². The molecule has 0 spiro atoms. The van der Waals surface area contributed by atoms with E-state index >= 15 is 4.39 Å². The van der Waals surface area contributed by atoms with Gasteiger partial charge in [-0.05, 0) is 128 Å². The summed E-state index contributed by atoms with van der Waals surface area (Å²) in [5, 5.41) is 9.20. The predicted octanol–water partition coefficient (Wildman–Crippen LogP) is 11.2. The quantitative estimate of drug-likeness (QED) is 0.0334. The lowest BCUT2D eigenvalue weighted by molar-refractivity contribution is -0.138. The summed E-state index contributed by atoms with van der Waals surface area (Å²) in [4.78, 5) is 41.9. The van der Waals surface area contributed by atoms with Crippen molar-refractivity contribution in [3.63, 3.8) is 0 Å². The molecule has 3 saturated carbocycles. The van der Waals surface area contributed by atoms with Gasteiger partial charge in [0.25, 0.3) is 17.7 Å². The van der Waals surface area contributed by atoms with E-state index in [1.807, 2.05) is 65.8 Å². The zero-order valence-corrected chi connectivity index (χ0v) is 50.6. The van der Waals surface area contributed by atoms with Crippen LogP contribution in [0.4, 0.5) is 15.8 Å². The second kappa shape index (κ2) is 34.1. The molecular formula is C65H101FN6O10. The molecule has 3 aromatic carbocycles. The molecule has 3 aliphatic carbocycles. The van der Waals surface area contributed by atoms with Gasteiger partial charge in [-0.1, -0.05) is 108 Å². The van der Waals surface area contributed by atoms with Crippen molar-refractivity contribution in [2.24, 2.45) is 40.9 Å². The van der Waals surface area contributed by atoms with E-state index in [4.69, 9.17) is 50.4 Å². The number of nitrogens with two attached hydrogens (primary N) is 3. The average Bonchev–Trinajstić information content (AvgIpc) is 3.57. The van der Waals surface area contributed by atoms with Crippen LogP contribution in [-0.4, -0.2) is 106 Å². The number of carbonyl (C=O) groups is 3. The zero-order valence-electron chi connectivity index (χ0n) is 50.6.